The first-order valence-electron chi connectivity index (χ1n) is 13.6. The maximum atomic E-state index is 12.8. The van der Waals surface area contributed by atoms with Crippen LogP contribution < -0.4 is 21.5 Å². The monoisotopic (exact) mass is 611 g/mol. The SMILES string of the molecule is CC(C)(C)OC(=O)C(CCC(=O)O)NC(=O)c1ccc(NCc2cnc3nc(NC(=O)C[Si](C)(C)C)[nH]c(=O)c3n2)cc1. The number of benzene rings is 1. The molecule has 230 valence electrons. The molecular weight excluding hydrogens is 574 g/mol. The lowest BCUT2D eigenvalue weighted by atomic mass is 10.1. The van der Waals surface area contributed by atoms with E-state index in [1.165, 1.54) is 6.20 Å². The maximum absolute atomic E-state index is 12.8. The minimum atomic E-state index is -1.64. The molecule has 1 unspecified atom stereocenters. The van der Waals surface area contributed by atoms with Crippen LogP contribution in [0.15, 0.2) is 35.3 Å². The van der Waals surface area contributed by atoms with Crippen LogP contribution >= 0.6 is 0 Å². The van der Waals surface area contributed by atoms with Crippen molar-refractivity contribution in [1.82, 2.24) is 25.3 Å². The van der Waals surface area contributed by atoms with E-state index in [9.17, 15) is 24.0 Å². The Balaban J connectivity index is 1.63. The summed E-state index contributed by atoms with van der Waals surface area (Å²) >= 11 is 0. The Morgan fingerprint density at radius 1 is 1.07 bits per heavy atom. The van der Waals surface area contributed by atoms with Gasteiger partial charge in [0.25, 0.3) is 11.5 Å². The number of aromatic amines is 1. The van der Waals surface area contributed by atoms with Crippen LogP contribution in [0.4, 0.5) is 11.6 Å². The summed E-state index contributed by atoms with van der Waals surface area (Å²) in [5.41, 5.74) is 0.132. The Kier molecular flexibility index (Phi) is 10.3. The van der Waals surface area contributed by atoms with Gasteiger partial charge in [-0.1, -0.05) is 19.6 Å². The number of hydrogen-bond acceptors (Lipinski definition) is 10. The Labute approximate surface area is 249 Å². The molecule has 14 nitrogen and oxygen atoms in total. The van der Waals surface area contributed by atoms with E-state index >= 15 is 0 Å². The van der Waals surface area contributed by atoms with Gasteiger partial charge < -0.3 is 20.5 Å². The summed E-state index contributed by atoms with van der Waals surface area (Å²) in [5, 5.41) is 17.3. The van der Waals surface area contributed by atoms with E-state index in [-0.39, 0.29) is 48.0 Å². The molecule has 0 fully saturated rings. The molecular formula is C28H37N7O7Si. The number of nitrogens with zero attached hydrogens (tertiary/aromatic N) is 3. The molecule has 1 atom stereocenters. The lowest BCUT2D eigenvalue weighted by Crippen LogP contribution is -2.44. The third-order valence-electron chi connectivity index (χ3n) is 5.68. The van der Waals surface area contributed by atoms with E-state index in [1.807, 2.05) is 0 Å². The zero-order chi connectivity index (χ0) is 31.9. The van der Waals surface area contributed by atoms with Gasteiger partial charge in [0.2, 0.25) is 11.9 Å². The van der Waals surface area contributed by atoms with E-state index in [2.05, 4.69) is 55.5 Å². The van der Waals surface area contributed by atoms with Crippen LogP contribution in [0, 0.1) is 0 Å². The molecule has 2 aromatic heterocycles. The molecule has 0 saturated carbocycles. The Hall–Kier alpha value is -4.66. The van der Waals surface area contributed by atoms with Crippen LogP contribution in [-0.4, -0.2) is 68.5 Å². The van der Waals surface area contributed by atoms with Crippen molar-refractivity contribution >= 4 is 54.6 Å². The predicted molar refractivity (Wildman–Crippen MR) is 162 cm³/mol. The number of aromatic nitrogens is 4. The molecule has 0 spiro atoms. The van der Waals surface area contributed by atoms with E-state index in [0.717, 1.165) is 0 Å². The van der Waals surface area contributed by atoms with Crippen LogP contribution in [0.3, 0.4) is 0 Å². The number of carboxylic acid groups (broad SMARTS) is 1. The molecule has 5 N–H and O–H groups in total. The van der Waals surface area contributed by atoms with Gasteiger partial charge in [0.15, 0.2) is 11.2 Å². The molecule has 2 heterocycles. The standard InChI is InChI=1S/C28H37N7O7Si/c1-28(2,3)42-26(41)19(11-12-21(37)38)32-24(39)16-7-9-17(10-8-16)29-13-18-14-30-23-22(31-18)25(40)35-27(34-23)33-20(36)15-43(4,5)6/h7-10,14,19,29H,11-13,15H2,1-6H3,(H,32,39)(H,37,38)(H2,30,33,34,35,36,40). The topological polar surface area (TPSA) is 205 Å². The average Bonchev–Trinajstić information content (AvgIpc) is 2.88. The fourth-order valence-electron chi connectivity index (χ4n) is 3.82. The molecule has 0 saturated heterocycles. The zero-order valence-electron chi connectivity index (χ0n) is 25.0. The number of carboxylic acids is 1. The number of ether oxygens (including phenoxy) is 1. The molecule has 2 amide bonds. The number of rotatable bonds is 12. The van der Waals surface area contributed by atoms with Gasteiger partial charge in [0, 0.05) is 23.7 Å². The molecule has 3 rings (SSSR count). The molecule has 43 heavy (non-hydrogen) atoms. The average molecular weight is 612 g/mol. The molecule has 1 aromatic carbocycles. The Morgan fingerprint density at radius 2 is 1.74 bits per heavy atom. The smallest absolute Gasteiger partial charge is 0.329 e. The van der Waals surface area contributed by atoms with Crippen molar-refractivity contribution in [3.63, 3.8) is 0 Å². The highest BCUT2D eigenvalue weighted by molar-refractivity contribution is 6.79. The van der Waals surface area contributed by atoms with E-state index in [1.54, 1.807) is 45.0 Å². The summed E-state index contributed by atoms with van der Waals surface area (Å²) < 4.78 is 5.32. The largest absolute Gasteiger partial charge is 0.481 e. The van der Waals surface area contributed by atoms with E-state index in [0.29, 0.717) is 17.4 Å². The highest BCUT2D eigenvalue weighted by Crippen LogP contribution is 2.15. The minimum absolute atomic E-state index is 0.0179. The summed E-state index contributed by atoms with van der Waals surface area (Å²) in [6.45, 7) is 11.4. The summed E-state index contributed by atoms with van der Waals surface area (Å²) in [4.78, 5) is 76.5. The Bertz CT molecular complexity index is 1560. The predicted octanol–water partition coefficient (Wildman–Crippen LogP) is 2.91. The second-order valence-corrected chi connectivity index (χ2v) is 17.6. The Morgan fingerprint density at radius 3 is 2.35 bits per heavy atom. The fourth-order valence-corrected chi connectivity index (χ4v) is 4.87. The number of nitrogens with one attached hydrogen (secondary N) is 4. The van der Waals surface area contributed by atoms with Crippen molar-refractivity contribution < 1.29 is 29.0 Å². The lowest BCUT2D eigenvalue weighted by Gasteiger charge is -2.24. The molecule has 15 heteroatoms. The molecule has 3 aromatic rings. The van der Waals surface area contributed by atoms with Gasteiger partial charge >= 0.3 is 11.9 Å². The fraction of sp³-hybridized carbons (Fsp3) is 0.429. The van der Waals surface area contributed by atoms with Gasteiger partial charge in [0.05, 0.1) is 26.5 Å². The van der Waals surface area contributed by atoms with Crippen LogP contribution in [0.2, 0.25) is 25.7 Å². The van der Waals surface area contributed by atoms with Crippen LogP contribution in [-0.2, 0) is 25.7 Å². The summed E-state index contributed by atoms with van der Waals surface area (Å²) in [6.07, 6.45) is 1.03. The van der Waals surface area contributed by atoms with E-state index in [4.69, 9.17) is 9.84 Å². The van der Waals surface area contributed by atoms with Crippen molar-refractivity contribution in [3.8, 4) is 0 Å². The number of H-pyrrole nitrogens is 1. The number of anilines is 2. The third-order valence-corrected chi connectivity index (χ3v) is 7.06. The third kappa shape index (κ3) is 10.6. The second-order valence-electron chi connectivity index (χ2n) is 12.2. The first-order chi connectivity index (χ1) is 20.0. The second kappa shape index (κ2) is 13.5. The quantitative estimate of drug-likeness (QED) is 0.149. The van der Waals surface area contributed by atoms with Gasteiger partial charge in [-0.2, -0.15) is 4.98 Å². The molecule has 0 radical (unpaired) electrons. The number of carbonyl (C=O) groups excluding carboxylic acids is 3. The van der Waals surface area contributed by atoms with Crippen LogP contribution in [0.5, 0.6) is 0 Å². The van der Waals surface area contributed by atoms with Gasteiger partial charge in [0.1, 0.15) is 11.6 Å². The van der Waals surface area contributed by atoms with Gasteiger partial charge in [-0.15, -0.1) is 0 Å². The number of aliphatic carboxylic acids is 1. The lowest BCUT2D eigenvalue weighted by molar-refractivity contribution is -0.157. The highest BCUT2D eigenvalue weighted by Gasteiger charge is 2.27. The number of carbonyl (C=O) groups is 4. The van der Waals surface area contributed by atoms with Crippen LogP contribution in [0.25, 0.3) is 11.2 Å². The highest BCUT2D eigenvalue weighted by atomic mass is 28.3. The first kappa shape index (κ1) is 32.8. The molecule has 0 aliphatic carbocycles. The molecule has 0 aliphatic heterocycles. The zero-order valence-corrected chi connectivity index (χ0v) is 26.0. The van der Waals surface area contributed by atoms with Crippen LogP contribution in [0.1, 0.15) is 49.7 Å². The summed E-state index contributed by atoms with van der Waals surface area (Å²) in [6, 6.07) is 5.64. The van der Waals surface area contributed by atoms with Crippen molar-refractivity contribution in [1.29, 1.82) is 0 Å². The first-order valence-corrected chi connectivity index (χ1v) is 17.3. The van der Waals surface area contributed by atoms with Crippen molar-refractivity contribution in [2.75, 3.05) is 10.6 Å². The number of amides is 2. The van der Waals surface area contributed by atoms with E-state index < -0.39 is 43.1 Å². The number of esters is 1. The van der Waals surface area contributed by atoms with Gasteiger partial charge in [-0.25, -0.2) is 14.8 Å². The number of fused-ring (bicyclic) bond motifs is 1. The molecule has 0 bridgehead atoms. The van der Waals surface area contributed by atoms with Crippen molar-refractivity contribution in [2.24, 2.45) is 0 Å². The number of hydrogen-bond donors (Lipinski definition) is 5. The summed E-state index contributed by atoms with van der Waals surface area (Å²) in [5.74, 6) is -2.57. The van der Waals surface area contributed by atoms with Gasteiger partial charge in [-0.05, 0) is 51.5 Å². The maximum Gasteiger partial charge on any atom is 0.329 e. The van der Waals surface area contributed by atoms with Crippen molar-refractivity contribution in [2.45, 2.75) is 77.5 Å². The summed E-state index contributed by atoms with van der Waals surface area (Å²) in [7, 11) is -1.64. The van der Waals surface area contributed by atoms with Crippen molar-refractivity contribution in [3.05, 3.63) is 52.1 Å². The molecule has 0 aliphatic rings. The normalized spacial score (nSPS) is 12.3. The minimum Gasteiger partial charge on any atom is -0.481 e. The van der Waals surface area contributed by atoms with Gasteiger partial charge in [-0.3, -0.25) is 29.5 Å².